The molecule has 2 N–H and O–H groups in total. The quantitative estimate of drug-likeness (QED) is 0.478. The predicted molar refractivity (Wildman–Crippen MR) is 71.8 cm³/mol. The fourth-order valence-electron chi connectivity index (χ4n) is 1.31. The largest absolute Gasteiger partial charge is 0.389 e. The summed E-state index contributed by atoms with van der Waals surface area (Å²) in [5.41, 5.74) is 0. The zero-order valence-corrected chi connectivity index (χ0v) is 12.0. The van der Waals surface area contributed by atoms with Gasteiger partial charge in [0, 0.05) is 26.9 Å². The number of methoxy groups -OCH3 is 1. The van der Waals surface area contributed by atoms with Gasteiger partial charge in [0.1, 0.15) is 0 Å². The van der Waals surface area contributed by atoms with E-state index in [1.807, 2.05) is 0 Å². The molecular weight excluding hydrogens is 234 g/mol. The Morgan fingerprint density at radius 1 is 1.06 bits per heavy atom. The molecule has 0 aromatic heterocycles. The molecule has 5 nitrogen and oxygen atoms in total. The highest BCUT2D eigenvalue weighted by Gasteiger charge is 2.03. The number of ether oxygens (including phenoxy) is 3. The Labute approximate surface area is 111 Å². The SMILES string of the molecule is COCCOCC(O)CNCCCOCC(C)C. The Bertz CT molecular complexity index is 167. The molecular formula is C13H29NO4. The van der Waals surface area contributed by atoms with E-state index in [0.29, 0.717) is 32.3 Å². The summed E-state index contributed by atoms with van der Waals surface area (Å²) in [5.74, 6) is 0.587. The van der Waals surface area contributed by atoms with Crippen LogP contribution in [0.15, 0.2) is 0 Å². The summed E-state index contributed by atoms with van der Waals surface area (Å²) in [6, 6.07) is 0. The minimum atomic E-state index is -0.460. The molecule has 0 aliphatic heterocycles. The first-order valence-electron chi connectivity index (χ1n) is 6.70. The maximum Gasteiger partial charge on any atom is 0.0897 e. The number of hydrogen-bond donors (Lipinski definition) is 2. The van der Waals surface area contributed by atoms with E-state index in [2.05, 4.69) is 19.2 Å². The zero-order chi connectivity index (χ0) is 13.6. The van der Waals surface area contributed by atoms with Crippen molar-refractivity contribution < 1.29 is 19.3 Å². The van der Waals surface area contributed by atoms with Gasteiger partial charge >= 0.3 is 0 Å². The second kappa shape index (κ2) is 13.2. The van der Waals surface area contributed by atoms with E-state index in [1.54, 1.807) is 7.11 Å². The summed E-state index contributed by atoms with van der Waals surface area (Å²) in [6.45, 7) is 8.70. The summed E-state index contributed by atoms with van der Waals surface area (Å²) in [7, 11) is 1.63. The van der Waals surface area contributed by atoms with Crippen LogP contribution in [0.25, 0.3) is 0 Å². The van der Waals surface area contributed by atoms with Gasteiger partial charge in [-0.3, -0.25) is 0 Å². The molecule has 0 saturated heterocycles. The first-order valence-corrected chi connectivity index (χ1v) is 6.70. The topological polar surface area (TPSA) is 60.0 Å². The number of aliphatic hydroxyl groups excluding tert-OH is 1. The van der Waals surface area contributed by atoms with Crippen LogP contribution in [0.3, 0.4) is 0 Å². The third-order valence-corrected chi connectivity index (χ3v) is 2.22. The highest BCUT2D eigenvalue weighted by molar-refractivity contribution is 4.58. The van der Waals surface area contributed by atoms with Crippen LogP contribution < -0.4 is 5.32 Å². The smallest absolute Gasteiger partial charge is 0.0897 e. The van der Waals surface area contributed by atoms with Crippen molar-refractivity contribution in [2.45, 2.75) is 26.4 Å². The number of aliphatic hydroxyl groups is 1. The van der Waals surface area contributed by atoms with Gasteiger partial charge < -0.3 is 24.6 Å². The maximum atomic E-state index is 9.56. The van der Waals surface area contributed by atoms with Gasteiger partial charge in [-0.1, -0.05) is 13.8 Å². The Hall–Kier alpha value is -0.200. The van der Waals surface area contributed by atoms with Gasteiger partial charge in [-0.25, -0.2) is 0 Å². The normalized spacial score (nSPS) is 13.2. The van der Waals surface area contributed by atoms with Gasteiger partial charge in [-0.15, -0.1) is 0 Å². The summed E-state index contributed by atoms with van der Waals surface area (Å²) >= 11 is 0. The number of rotatable bonds is 13. The van der Waals surface area contributed by atoms with E-state index in [0.717, 1.165) is 26.2 Å². The van der Waals surface area contributed by atoms with E-state index in [9.17, 15) is 5.11 Å². The van der Waals surface area contributed by atoms with Crippen molar-refractivity contribution in [3.8, 4) is 0 Å². The number of hydrogen-bond acceptors (Lipinski definition) is 5. The Balaban J connectivity index is 3.12. The van der Waals surface area contributed by atoms with Crippen molar-refractivity contribution in [1.29, 1.82) is 0 Å². The second-order valence-corrected chi connectivity index (χ2v) is 4.75. The van der Waals surface area contributed by atoms with Crippen LogP contribution in [0.2, 0.25) is 0 Å². The molecule has 0 rings (SSSR count). The van der Waals surface area contributed by atoms with Gasteiger partial charge in [0.05, 0.1) is 25.9 Å². The summed E-state index contributed by atoms with van der Waals surface area (Å²) < 4.78 is 15.5. The lowest BCUT2D eigenvalue weighted by Crippen LogP contribution is -2.31. The fourth-order valence-corrected chi connectivity index (χ4v) is 1.31. The van der Waals surface area contributed by atoms with Crippen molar-refractivity contribution in [1.82, 2.24) is 5.32 Å². The standard InChI is InChI=1S/C13H29NO4/c1-12(2)10-17-6-4-5-14-9-13(15)11-18-8-7-16-3/h12-15H,4-11H2,1-3H3. The molecule has 0 bridgehead atoms. The average molecular weight is 263 g/mol. The molecule has 0 heterocycles. The van der Waals surface area contributed by atoms with Gasteiger partial charge in [-0.2, -0.15) is 0 Å². The highest BCUT2D eigenvalue weighted by atomic mass is 16.5. The molecule has 0 fully saturated rings. The van der Waals surface area contributed by atoms with Crippen LogP contribution >= 0.6 is 0 Å². The molecule has 0 aliphatic carbocycles. The lowest BCUT2D eigenvalue weighted by Gasteiger charge is -2.12. The lowest BCUT2D eigenvalue weighted by atomic mass is 10.2. The molecule has 0 aromatic rings. The lowest BCUT2D eigenvalue weighted by molar-refractivity contribution is 0.0136. The molecule has 0 aromatic carbocycles. The predicted octanol–water partition coefficient (Wildman–Crippen LogP) is 0.663. The first-order chi connectivity index (χ1) is 8.66. The molecule has 1 atom stereocenters. The Kier molecular flexibility index (Phi) is 13.1. The minimum Gasteiger partial charge on any atom is -0.389 e. The van der Waals surface area contributed by atoms with Crippen molar-refractivity contribution in [2.24, 2.45) is 5.92 Å². The van der Waals surface area contributed by atoms with Crippen LogP contribution in [-0.4, -0.2) is 64.4 Å². The van der Waals surface area contributed by atoms with Crippen LogP contribution in [0, 0.1) is 5.92 Å². The van der Waals surface area contributed by atoms with Crippen LogP contribution in [0.5, 0.6) is 0 Å². The molecule has 0 spiro atoms. The molecule has 5 heteroatoms. The van der Waals surface area contributed by atoms with Gasteiger partial charge in [0.15, 0.2) is 0 Å². The van der Waals surface area contributed by atoms with E-state index in [-0.39, 0.29) is 0 Å². The highest BCUT2D eigenvalue weighted by Crippen LogP contribution is 1.93. The summed E-state index contributed by atoms with van der Waals surface area (Å²) in [6.07, 6.45) is 0.502. The van der Waals surface area contributed by atoms with Crippen molar-refractivity contribution >= 4 is 0 Å². The molecule has 0 amide bonds. The van der Waals surface area contributed by atoms with Crippen LogP contribution in [0.4, 0.5) is 0 Å². The Morgan fingerprint density at radius 3 is 2.44 bits per heavy atom. The molecule has 0 aliphatic rings. The van der Waals surface area contributed by atoms with E-state index in [1.165, 1.54) is 0 Å². The van der Waals surface area contributed by atoms with Crippen molar-refractivity contribution in [2.75, 3.05) is 53.2 Å². The summed E-state index contributed by atoms with van der Waals surface area (Å²) in [5, 5.41) is 12.7. The molecule has 1 unspecified atom stereocenters. The molecule has 18 heavy (non-hydrogen) atoms. The van der Waals surface area contributed by atoms with E-state index < -0.39 is 6.10 Å². The fraction of sp³-hybridized carbons (Fsp3) is 1.00. The van der Waals surface area contributed by atoms with Crippen LogP contribution in [0.1, 0.15) is 20.3 Å². The van der Waals surface area contributed by atoms with Gasteiger partial charge in [0.2, 0.25) is 0 Å². The zero-order valence-electron chi connectivity index (χ0n) is 12.0. The molecule has 110 valence electrons. The van der Waals surface area contributed by atoms with Crippen LogP contribution in [-0.2, 0) is 14.2 Å². The monoisotopic (exact) mass is 263 g/mol. The van der Waals surface area contributed by atoms with E-state index in [4.69, 9.17) is 14.2 Å². The third kappa shape index (κ3) is 13.9. The molecule has 0 saturated carbocycles. The summed E-state index contributed by atoms with van der Waals surface area (Å²) in [4.78, 5) is 0. The van der Waals surface area contributed by atoms with Gasteiger partial charge in [-0.05, 0) is 18.9 Å². The average Bonchev–Trinajstić information content (AvgIpc) is 2.33. The van der Waals surface area contributed by atoms with Crippen molar-refractivity contribution in [3.63, 3.8) is 0 Å². The maximum absolute atomic E-state index is 9.56. The third-order valence-electron chi connectivity index (χ3n) is 2.22. The van der Waals surface area contributed by atoms with Gasteiger partial charge in [0.25, 0.3) is 0 Å². The molecule has 0 radical (unpaired) electrons. The van der Waals surface area contributed by atoms with E-state index >= 15 is 0 Å². The van der Waals surface area contributed by atoms with Crippen molar-refractivity contribution in [3.05, 3.63) is 0 Å². The first kappa shape index (κ1) is 17.8. The number of nitrogens with one attached hydrogen (secondary N) is 1. The minimum absolute atomic E-state index is 0.347. The Morgan fingerprint density at radius 2 is 1.78 bits per heavy atom. The second-order valence-electron chi connectivity index (χ2n) is 4.75.